The zero-order valence-electron chi connectivity index (χ0n) is 11.0. The fourth-order valence-electron chi connectivity index (χ4n) is 2.50. The van der Waals surface area contributed by atoms with Crippen molar-refractivity contribution in [3.05, 3.63) is 29.3 Å². The third kappa shape index (κ3) is 3.22. The van der Waals surface area contributed by atoms with Gasteiger partial charge in [0.2, 0.25) is 0 Å². The van der Waals surface area contributed by atoms with Gasteiger partial charge in [0.1, 0.15) is 5.75 Å². The van der Waals surface area contributed by atoms with E-state index >= 15 is 0 Å². The van der Waals surface area contributed by atoms with E-state index in [1.165, 1.54) is 24.0 Å². The van der Waals surface area contributed by atoms with Crippen molar-refractivity contribution in [2.24, 2.45) is 0 Å². The molecule has 0 bridgehead atoms. The molecule has 0 aromatic heterocycles. The van der Waals surface area contributed by atoms with Gasteiger partial charge in [-0.15, -0.1) is 0 Å². The number of benzene rings is 1. The summed E-state index contributed by atoms with van der Waals surface area (Å²) in [6.07, 6.45) is 4.66. The van der Waals surface area contributed by atoms with Crippen LogP contribution >= 0.6 is 0 Å². The van der Waals surface area contributed by atoms with Gasteiger partial charge < -0.3 is 10.1 Å². The molecule has 0 radical (unpaired) electrons. The van der Waals surface area contributed by atoms with Gasteiger partial charge in [0.05, 0.1) is 6.61 Å². The summed E-state index contributed by atoms with van der Waals surface area (Å²) >= 11 is 0. The Morgan fingerprint density at radius 1 is 1.29 bits per heavy atom. The van der Waals surface area contributed by atoms with Crippen LogP contribution in [0, 0.1) is 0 Å². The zero-order chi connectivity index (χ0) is 12.1. The number of hydrogen-bond acceptors (Lipinski definition) is 2. The normalized spacial score (nSPS) is 18.8. The fraction of sp³-hybridized carbons (Fsp3) is 0.600. The van der Waals surface area contributed by atoms with Gasteiger partial charge in [-0.3, -0.25) is 0 Å². The SMILES string of the molecule is CCCOc1ccc2c(c1)CCC(NCC)C2. The molecule has 0 saturated carbocycles. The molecule has 0 amide bonds. The molecule has 1 aromatic carbocycles. The molecule has 0 fully saturated rings. The van der Waals surface area contributed by atoms with Crippen molar-refractivity contribution in [2.75, 3.05) is 13.2 Å². The largest absolute Gasteiger partial charge is 0.494 e. The van der Waals surface area contributed by atoms with E-state index < -0.39 is 0 Å². The van der Waals surface area contributed by atoms with E-state index in [0.29, 0.717) is 6.04 Å². The van der Waals surface area contributed by atoms with Crippen molar-refractivity contribution in [1.29, 1.82) is 0 Å². The van der Waals surface area contributed by atoms with E-state index in [1.807, 2.05) is 0 Å². The first kappa shape index (κ1) is 12.4. The lowest BCUT2D eigenvalue weighted by atomic mass is 9.88. The van der Waals surface area contributed by atoms with Gasteiger partial charge in [0.25, 0.3) is 0 Å². The molecular weight excluding hydrogens is 210 g/mol. The predicted molar refractivity (Wildman–Crippen MR) is 71.7 cm³/mol. The van der Waals surface area contributed by atoms with Crippen molar-refractivity contribution in [2.45, 2.75) is 45.6 Å². The molecule has 94 valence electrons. The lowest BCUT2D eigenvalue weighted by Crippen LogP contribution is -2.34. The smallest absolute Gasteiger partial charge is 0.119 e. The number of aryl methyl sites for hydroxylation is 1. The van der Waals surface area contributed by atoms with Gasteiger partial charge in [-0.25, -0.2) is 0 Å². The second-order valence-electron chi connectivity index (χ2n) is 4.78. The molecule has 1 N–H and O–H groups in total. The summed E-state index contributed by atoms with van der Waals surface area (Å²) in [6.45, 7) is 6.20. The summed E-state index contributed by atoms with van der Waals surface area (Å²) in [5.74, 6) is 1.03. The Kier molecular flexibility index (Phi) is 4.43. The van der Waals surface area contributed by atoms with Crippen molar-refractivity contribution < 1.29 is 4.74 Å². The van der Waals surface area contributed by atoms with Crippen LogP contribution in [-0.2, 0) is 12.8 Å². The minimum absolute atomic E-state index is 0.662. The standard InChI is InChI=1S/C15H23NO/c1-3-9-17-15-8-6-12-10-14(16-4-2)7-5-13(12)11-15/h6,8,11,14,16H,3-5,7,9-10H2,1-2H3. The number of ether oxygens (including phenoxy) is 1. The average molecular weight is 233 g/mol. The molecule has 1 aliphatic rings. The summed E-state index contributed by atoms with van der Waals surface area (Å²) in [5, 5.41) is 3.54. The minimum atomic E-state index is 0.662. The van der Waals surface area contributed by atoms with Gasteiger partial charge in [0, 0.05) is 6.04 Å². The van der Waals surface area contributed by atoms with Gasteiger partial charge in [-0.2, -0.15) is 0 Å². The van der Waals surface area contributed by atoms with Crippen LogP contribution in [0.25, 0.3) is 0 Å². The molecule has 1 unspecified atom stereocenters. The van der Waals surface area contributed by atoms with Crippen LogP contribution in [-0.4, -0.2) is 19.2 Å². The summed E-state index contributed by atoms with van der Waals surface area (Å²) in [7, 11) is 0. The Hall–Kier alpha value is -1.02. The molecule has 2 nitrogen and oxygen atoms in total. The van der Waals surface area contributed by atoms with Crippen LogP contribution in [0.3, 0.4) is 0 Å². The molecular formula is C15H23NO. The molecule has 1 aromatic rings. The van der Waals surface area contributed by atoms with Crippen molar-refractivity contribution >= 4 is 0 Å². The van der Waals surface area contributed by atoms with E-state index in [1.54, 1.807) is 0 Å². The van der Waals surface area contributed by atoms with Crippen LogP contribution in [0.15, 0.2) is 18.2 Å². The molecule has 1 atom stereocenters. The number of rotatable bonds is 5. The Bertz CT molecular complexity index is 362. The molecule has 1 aliphatic carbocycles. The highest BCUT2D eigenvalue weighted by Crippen LogP contribution is 2.25. The summed E-state index contributed by atoms with van der Waals surface area (Å²) in [6, 6.07) is 7.25. The Balaban J connectivity index is 2.03. The second kappa shape index (κ2) is 6.06. The number of nitrogens with one attached hydrogen (secondary N) is 1. The number of hydrogen-bond donors (Lipinski definition) is 1. The molecule has 0 aliphatic heterocycles. The van der Waals surface area contributed by atoms with Crippen molar-refractivity contribution in [1.82, 2.24) is 5.32 Å². The Morgan fingerprint density at radius 3 is 2.94 bits per heavy atom. The second-order valence-corrected chi connectivity index (χ2v) is 4.78. The van der Waals surface area contributed by atoms with Crippen LogP contribution in [0.2, 0.25) is 0 Å². The van der Waals surface area contributed by atoms with Gasteiger partial charge in [-0.1, -0.05) is 19.9 Å². The molecule has 0 saturated heterocycles. The molecule has 2 rings (SSSR count). The molecule has 17 heavy (non-hydrogen) atoms. The number of fused-ring (bicyclic) bond motifs is 1. The first-order valence-electron chi connectivity index (χ1n) is 6.81. The zero-order valence-corrected chi connectivity index (χ0v) is 11.0. The van der Waals surface area contributed by atoms with Crippen LogP contribution < -0.4 is 10.1 Å². The molecule has 2 heteroatoms. The van der Waals surface area contributed by atoms with Gasteiger partial charge in [-0.05, 0) is 55.5 Å². The van der Waals surface area contributed by atoms with E-state index in [0.717, 1.165) is 31.7 Å². The lowest BCUT2D eigenvalue weighted by molar-refractivity contribution is 0.316. The number of likely N-dealkylation sites (N-methyl/N-ethyl adjacent to an activating group) is 1. The fourth-order valence-corrected chi connectivity index (χ4v) is 2.50. The van der Waals surface area contributed by atoms with E-state index in [2.05, 4.69) is 37.4 Å². The molecule has 0 spiro atoms. The van der Waals surface area contributed by atoms with Gasteiger partial charge in [0.15, 0.2) is 0 Å². The van der Waals surface area contributed by atoms with E-state index in [-0.39, 0.29) is 0 Å². The maximum atomic E-state index is 5.68. The van der Waals surface area contributed by atoms with Crippen LogP contribution in [0.4, 0.5) is 0 Å². The van der Waals surface area contributed by atoms with Crippen molar-refractivity contribution in [3.63, 3.8) is 0 Å². The first-order valence-corrected chi connectivity index (χ1v) is 6.81. The summed E-state index contributed by atoms with van der Waals surface area (Å²) in [4.78, 5) is 0. The lowest BCUT2D eigenvalue weighted by Gasteiger charge is -2.25. The van der Waals surface area contributed by atoms with E-state index in [9.17, 15) is 0 Å². The predicted octanol–water partition coefficient (Wildman–Crippen LogP) is 2.94. The topological polar surface area (TPSA) is 21.3 Å². The summed E-state index contributed by atoms with van der Waals surface area (Å²) in [5.41, 5.74) is 2.97. The Morgan fingerprint density at radius 2 is 2.18 bits per heavy atom. The van der Waals surface area contributed by atoms with Crippen LogP contribution in [0.1, 0.15) is 37.8 Å². The maximum absolute atomic E-state index is 5.68. The maximum Gasteiger partial charge on any atom is 0.119 e. The molecule has 0 heterocycles. The average Bonchev–Trinajstić information content (AvgIpc) is 2.36. The Labute approximate surface area is 104 Å². The highest BCUT2D eigenvalue weighted by Gasteiger charge is 2.17. The first-order chi connectivity index (χ1) is 8.33. The van der Waals surface area contributed by atoms with Crippen molar-refractivity contribution in [3.8, 4) is 5.75 Å². The third-order valence-electron chi connectivity index (χ3n) is 3.37. The van der Waals surface area contributed by atoms with Gasteiger partial charge >= 0.3 is 0 Å². The highest BCUT2D eigenvalue weighted by atomic mass is 16.5. The highest BCUT2D eigenvalue weighted by molar-refractivity contribution is 5.37. The minimum Gasteiger partial charge on any atom is -0.494 e. The van der Waals surface area contributed by atoms with E-state index in [4.69, 9.17) is 4.74 Å². The third-order valence-corrected chi connectivity index (χ3v) is 3.37. The summed E-state index contributed by atoms with van der Waals surface area (Å²) < 4.78 is 5.68. The van der Waals surface area contributed by atoms with Crippen LogP contribution in [0.5, 0.6) is 5.75 Å². The monoisotopic (exact) mass is 233 g/mol. The quantitative estimate of drug-likeness (QED) is 0.844.